The number of aliphatic hydroxyl groups is 1. The molecule has 0 amide bonds. The molecule has 2 aliphatic heterocycles. The summed E-state index contributed by atoms with van der Waals surface area (Å²) in [4.78, 5) is 0. The molecule has 68 valence electrons. The summed E-state index contributed by atoms with van der Waals surface area (Å²) in [6.07, 6.45) is 1.86. The third kappa shape index (κ3) is 0.817. The first-order valence-corrected chi connectivity index (χ1v) is 4.77. The van der Waals surface area contributed by atoms with E-state index < -0.39 is 0 Å². The van der Waals surface area contributed by atoms with Crippen LogP contribution in [-0.2, 0) is 9.47 Å². The van der Waals surface area contributed by atoms with Gasteiger partial charge in [-0.25, -0.2) is 0 Å². The van der Waals surface area contributed by atoms with Gasteiger partial charge in [-0.05, 0) is 24.7 Å². The third-order valence-electron chi connectivity index (χ3n) is 3.60. The summed E-state index contributed by atoms with van der Waals surface area (Å²) in [6, 6.07) is 0. The van der Waals surface area contributed by atoms with Crippen LogP contribution in [0.2, 0.25) is 0 Å². The highest BCUT2D eigenvalue weighted by molar-refractivity contribution is 4.97. The lowest BCUT2D eigenvalue weighted by Gasteiger charge is -2.31. The number of hydrogen-bond acceptors (Lipinski definition) is 3. The molecule has 1 N–H and O–H groups in total. The molecule has 3 fully saturated rings. The van der Waals surface area contributed by atoms with Crippen LogP contribution in [0.3, 0.4) is 0 Å². The van der Waals surface area contributed by atoms with Crippen molar-refractivity contribution < 1.29 is 14.6 Å². The van der Waals surface area contributed by atoms with Gasteiger partial charge >= 0.3 is 0 Å². The highest BCUT2D eigenvalue weighted by Gasteiger charge is 2.52. The fourth-order valence-electron chi connectivity index (χ4n) is 3.05. The molecule has 0 aromatic carbocycles. The summed E-state index contributed by atoms with van der Waals surface area (Å²) in [5, 5.41) is 9.74. The van der Waals surface area contributed by atoms with Crippen LogP contribution in [0.4, 0.5) is 0 Å². The van der Waals surface area contributed by atoms with Crippen LogP contribution in [0, 0.1) is 17.8 Å². The Morgan fingerprint density at radius 3 is 3.08 bits per heavy atom. The third-order valence-corrected chi connectivity index (χ3v) is 3.60. The van der Waals surface area contributed by atoms with Crippen LogP contribution in [0.1, 0.15) is 12.8 Å². The molecule has 3 rings (SSSR count). The molecule has 3 aliphatic rings. The molecule has 5 atom stereocenters. The lowest BCUT2D eigenvalue weighted by atomic mass is 9.87. The Morgan fingerprint density at radius 2 is 2.17 bits per heavy atom. The van der Waals surface area contributed by atoms with Gasteiger partial charge in [0.05, 0.1) is 19.3 Å². The predicted octanol–water partition coefficient (Wildman–Crippen LogP) is 0.376. The molecule has 0 spiro atoms. The van der Waals surface area contributed by atoms with Crippen LogP contribution in [0.15, 0.2) is 0 Å². The number of ether oxygens (including phenoxy) is 2. The molecule has 3 heteroatoms. The summed E-state index contributed by atoms with van der Waals surface area (Å²) < 4.78 is 11.0. The fraction of sp³-hybridized carbons (Fsp3) is 1.00. The second kappa shape index (κ2) is 2.44. The van der Waals surface area contributed by atoms with E-state index in [0.29, 0.717) is 17.8 Å². The van der Waals surface area contributed by atoms with Gasteiger partial charge in [-0.3, -0.25) is 0 Å². The van der Waals surface area contributed by atoms with Gasteiger partial charge < -0.3 is 14.6 Å². The minimum atomic E-state index is -0.0877. The van der Waals surface area contributed by atoms with Crippen LogP contribution < -0.4 is 0 Å². The van der Waals surface area contributed by atoms with Crippen molar-refractivity contribution in [2.75, 3.05) is 13.2 Å². The first kappa shape index (κ1) is 7.30. The lowest BCUT2D eigenvalue weighted by molar-refractivity contribution is -0.173. The zero-order valence-electron chi connectivity index (χ0n) is 6.98. The molecule has 0 radical (unpaired) electrons. The largest absolute Gasteiger partial charge is 0.393 e. The van der Waals surface area contributed by atoms with E-state index in [-0.39, 0.29) is 12.4 Å². The van der Waals surface area contributed by atoms with Crippen molar-refractivity contribution in [3.63, 3.8) is 0 Å². The Hall–Kier alpha value is -0.120. The van der Waals surface area contributed by atoms with Gasteiger partial charge in [0.2, 0.25) is 0 Å². The maximum Gasteiger partial charge on any atom is 0.161 e. The summed E-state index contributed by atoms with van der Waals surface area (Å²) in [7, 11) is 0. The van der Waals surface area contributed by atoms with E-state index in [9.17, 15) is 5.11 Å². The first-order chi connectivity index (χ1) is 5.86. The van der Waals surface area contributed by atoms with Gasteiger partial charge in [0.25, 0.3) is 0 Å². The molecule has 1 saturated carbocycles. The van der Waals surface area contributed by atoms with E-state index in [0.717, 1.165) is 26.1 Å². The fourth-order valence-corrected chi connectivity index (χ4v) is 3.05. The normalized spacial score (nSPS) is 57.2. The maximum atomic E-state index is 9.74. The van der Waals surface area contributed by atoms with Gasteiger partial charge in [0.1, 0.15) is 0 Å². The van der Waals surface area contributed by atoms with Gasteiger partial charge in [-0.2, -0.15) is 0 Å². The van der Waals surface area contributed by atoms with Crippen molar-refractivity contribution in [1.29, 1.82) is 0 Å². The second-order valence-corrected chi connectivity index (χ2v) is 4.17. The van der Waals surface area contributed by atoms with Crippen molar-refractivity contribution in [3.05, 3.63) is 0 Å². The van der Waals surface area contributed by atoms with Crippen LogP contribution >= 0.6 is 0 Å². The Balaban J connectivity index is 1.89. The zero-order chi connectivity index (χ0) is 8.13. The Labute approximate surface area is 71.7 Å². The monoisotopic (exact) mass is 170 g/mol. The maximum absolute atomic E-state index is 9.74. The minimum Gasteiger partial charge on any atom is -0.393 e. The summed E-state index contributed by atoms with van der Waals surface area (Å²) >= 11 is 0. The van der Waals surface area contributed by atoms with E-state index in [4.69, 9.17) is 9.47 Å². The van der Waals surface area contributed by atoms with E-state index in [2.05, 4.69) is 0 Å². The van der Waals surface area contributed by atoms with Crippen LogP contribution in [0.5, 0.6) is 0 Å². The molecular weight excluding hydrogens is 156 g/mol. The highest BCUT2D eigenvalue weighted by atomic mass is 16.7. The number of hydrogen-bond donors (Lipinski definition) is 1. The second-order valence-electron chi connectivity index (χ2n) is 4.17. The van der Waals surface area contributed by atoms with Crippen LogP contribution in [0.25, 0.3) is 0 Å². The Kier molecular flexibility index (Phi) is 1.48. The molecule has 0 aromatic heterocycles. The van der Waals surface area contributed by atoms with Crippen molar-refractivity contribution in [2.45, 2.75) is 25.2 Å². The van der Waals surface area contributed by atoms with E-state index in [1.165, 1.54) is 0 Å². The molecule has 3 nitrogen and oxygen atoms in total. The quantitative estimate of drug-likeness (QED) is 0.571. The van der Waals surface area contributed by atoms with E-state index in [1.807, 2.05) is 0 Å². The zero-order valence-corrected chi connectivity index (χ0v) is 6.98. The molecule has 0 bridgehead atoms. The lowest BCUT2D eigenvalue weighted by Crippen LogP contribution is -2.35. The molecule has 2 heterocycles. The average Bonchev–Trinajstić information content (AvgIpc) is 2.61. The predicted molar refractivity (Wildman–Crippen MR) is 41.4 cm³/mol. The van der Waals surface area contributed by atoms with Crippen molar-refractivity contribution >= 4 is 0 Å². The summed E-state index contributed by atoms with van der Waals surface area (Å²) in [5.41, 5.74) is 0. The van der Waals surface area contributed by atoms with Crippen LogP contribution in [-0.4, -0.2) is 30.7 Å². The van der Waals surface area contributed by atoms with Crippen molar-refractivity contribution in [3.8, 4) is 0 Å². The highest BCUT2D eigenvalue weighted by Crippen LogP contribution is 2.48. The van der Waals surface area contributed by atoms with Gasteiger partial charge in [-0.15, -0.1) is 0 Å². The van der Waals surface area contributed by atoms with Gasteiger partial charge in [-0.1, -0.05) is 0 Å². The Morgan fingerprint density at radius 1 is 1.25 bits per heavy atom. The van der Waals surface area contributed by atoms with Crippen molar-refractivity contribution in [2.24, 2.45) is 17.8 Å². The molecule has 0 aromatic rings. The Bertz CT molecular complexity index is 190. The van der Waals surface area contributed by atoms with E-state index >= 15 is 0 Å². The average molecular weight is 170 g/mol. The molecule has 1 aliphatic carbocycles. The standard InChI is InChI=1S/C9H14O3/c10-7-3-5-4-12-9-8(5)6(7)1-2-11-9/h5-10H,1-4H2. The SMILES string of the molecule is OC1CC2COC3OCCC1C23. The smallest absolute Gasteiger partial charge is 0.161 e. The summed E-state index contributed by atoms with van der Waals surface area (Å²) in [6.45, 7) is 1.55. The molecule has 12 heavy (non-hydrogen) atoms. The van der Waals surface area contributed by atoms with E-state index in [1.54, 1.807) is 0 Å². The molecule has 5 unspecified atom stereocenters. The minimum absolute atomic E-state index is 0.00546. The van der Waals surface area contributed by atoms with Crippen molar-refractivity contribution in [1.82, 2.24) is 0 Å². The number of aliphatic hydroxyl groups excluding tert-OH is 1. The first-order valence-electron chi connectivity index (χ1n) is 4.77. The summed E-state index contributed by atoms with van der Waals surface area (Å²) in [5.74, 6) is 1.51. The number of rotatable bonds is 0. The topological polar surface area (TPSA) is 38.7 Å². The van der Waals surface area contributed by atoms with Gasteiger partial charge in [0, 0.05) is 5.92 Å². The molecule has 2 saturated heterocycles. The van der Waals surface area contributed by atoms with Gasteiger partial charge in [0.15, 0.2) is 6.29 Å². The molecular formula is C9H14O3.